The van der Waals surface area contributed by atoms with E-state index < -0.39 is 24.1 Å². The van der Waals surface area contributed by atoms with E-state index in [0.717, 1.165) is 23.3 Å². The van der Waals surface area contributed by atoms with Gasteiger partial charge in [-0.2, -0.15) is 0 Å². The Labute approximate surface area is 178 Å². The highest BCUT2D eigenvalue weighted by molar-refractivity contribution is 5.81. The summed E-state index contributed by atoms with van der Waals surface area (Å²) < 4.78 is 22.2. The maximum Gasteiger partial charge on any atom is 0.330 e. The van der Waals surface area contributed by atoms with Gasteiger partial charge in [-0.3, -0.25) is 0 Å². The SMILES string of the molecule is C=CC(=O)OC(C)COc1cc(C=CC)cc(C=CC)c1OCC(C)OC(=O)C=C. The number of esters is 2. The third kappa shape index (κ3) is 8.39. The first-order valence-corrected chi connectivity index (χ1v) is 9.69. The van der Waals surface area contributed by atoms with E-state index in [-0.39, 0.29) is 13.2 Å². The van der Waals surface area contributed by atoms with Crippen LogP contribution in [0.4, 0.5) is 0 Å². The average Bonchev–Trinajstić information content (AvgIpc) is 2.71. The van der Waals surface area contributed by atoms with Crippen LogP contribution in [0.3, 0.4) is 0 Å². The van der Waals surface area contributed by atoms with Gasteiger partial charge in [-0.25, -0.2) is 9.59 Å². The Morgan fingerprint density at radius 1 is 0.900 bits per heavy atom. The highest BCUT2D eigenvalue weighted by Crippen LogP contribution is 2.35. The molecule has 2 atom stereocenters. The monoisotopic (exact) mass is 414 g/mol. The van der Waals surface area contributed by atoms with Gasteiger partial charge in [0, 0.05) is 17.7 Å². The summed E-state index contributed by atoms with van der Waals surface area (Å²) >= 11 is 0. The van der Waals surface area contributed by atoms with Crippen molar-refractivity contribution in [3.05, 3.63) is 60.7 Å². The van der Waals surface area contributed by atoms with E-state index in [0.29, 0.717) is 11.5 Å². The fraction of sp³-hybridized carbons (Fsp3) is 0.333. The molecule has 0 N–H and O–H groups in total. The van der Waals surface area contributed by atoms with Crippen molar-refractivity contribution < 1.29 is 28.5 Å². The lowest BCUT2D eigenvalue weighted by atomic mass is 10.1. The number of hydrogen-bond acceptors (Lipinski definition) is 6. The number of rotatable bonds is 12. The third-order valence-corrected chi connectivity index (χ3v) is 3.72. The summed E-state index contributed by atoms with van der Waals surface area (Å²) in [5, 5.41) is 0. The molecule has 0 aliphatic carbocycles. The highest BCUT2D eigenvalue weighted by atomic mass is 16.6. The number of ether oxygens (including phenoxy) is 4. The Morgan fingerprint density at radius 2 is 1.43 bits per heavy atom. The van der Waals surface area contributed by atoms with Gasteiger partial charge < -0.3 is 18.9 Å². The molecule has 0 radical (unpaired) electrons. The minimum atomic E-state index is -0.516. The lowest BCUT2D eigenvalue weighted by molar-refractivity contribution is -0.144. The summed E-state index contributed by atoms with van der Waals surface area (Å²) in [6.45, 7) is 14.3. The molecule has 0 amide bonds. The molecule has 1 rings (SSSR count). The van der Waals surface area contributed by atoms with E-state index in [2.05, 4.69) is 13.2 Å². The molecule has 0 saturated heterocycles. The van der Waals surface area contributed by atoms with Crippen molar-refractivity contribution in [1.82, 2.24) is 0 Å². The lowest BCUT2D eigenvalue weighted by Crippen LogP contribution is -2.23. The smallest absolute Gasteiger partial charge is 0.330 e. The van der Waals surface area contributed by atoms with Crippen LogP contribution in [-0.4, -0.2) is 37.4 Å². The molecule has 6 nitrogen and oxygen atoms in total. The van der Waals surface area contributed by atoms with Gasteiger partial charge in [0.05, 0.1) is 0 Å². The second kappa shape index (κ2) is 13.0. The number of carbonyl (C=O) groups is 2. The molecule has 0 saturated carbocycles. The van der Waals surface area contributed by atoms with E-state index in [1.807, 2.05) is 50.3 Å². The van der Waals surface area contributed by atoms with Gasteiger partial charge in [-0.15, -0.1) is 0 Å². The summed E-state index contributed by atoms with van der Waals surface area (Å²) in [6.07, 6.45) is 8.90. The van der Waals surface area contributed by atoms with Crippen LogP contribution < -0.4 is 9.47 Å². The zero-order chi connectivity index (χ0) is 22.5. The molecule has 30 heavy (non-hydrogen) atoms. The summed E-state index contributed by atoms with van der Waals surface area (Å²) in [4.78, 5) is 22.8. The summed E-state index contributed by atoms with van der Waals surface area (Å²) in [6, 6.07) is 3.80. The lowest BCUT2D eigenvalue weighted by Gasteiger charge is -2.20. The standard InChI is InChI=1S/C24H30O6/c1-7-11-19-13-20(12-8-2)24(28-16-18(6)30-23(26)10-4)21(14-19)27-15-17(5)29-22(25)9-3/h7-14,17-18H,3-4,15-16H2,1-2,5-6H3. The van der Waals surface area contributed by atoms with Crippen LogP contribution in [-0.2, 0) is 19.1 Å². The molecule has 2 unspecified atom stereocenters. The van der Waals surface area contributed by atoms with Crippen LogP contribution in [0.25, 0.3) is 12.2 Å². The van der Waals surface area contributed by atoms with Crippen LogP contribution in [0.5, 0.6) is 11.5 Å². The quantitative estimate of drug-likeness (QED) is 0.363. The van der Waals surface area contributed by atoms with E-state index in [9.17, 15) is 9.59 Å². The summed E-state index contributed by atoms with van der Waals surface area (Å²) in [7, 11) is 0. The topological polar surface area (TPSA) is 71.1 Å². The van der Waals surface area contributed by atoms with Crippen molar-refractivity contribution in [2.45, 2.75) is 39.9 Å². The van der Waals surface area contributed by atoms with Crippen LogP contribution in [0.15, 0.2) is 49.6 Å². The molecular formula is C24H30O6. The summed E-state index contributed by atoms with van der Waals surface area (Å²) in [5.41, 5.74) is 1.73. The number of hydrogen-bond donors (Lipinski definition) is 0. The average molecular weight is 414 g/mol. The van der Waals surface area contributed by atoms with E-state index in [1.54, 1.807) is 13.8 Å². The van der Waals surface area contributed by atoms with Gasteiger partial charge in [0.1, 0.15) is 25.4 Å². The number of carbonyl (C=O) groups excluding carboxylic acids is 2. The molecule has 0 spiro atoms. The van der Waals surface area contributed by atoms with E-state index >= 15 is 0 Å². The van der Waals surface area contributed by atoms with Crippen LogP contribution in [0.1, 0.15) is 38.8 Å². The maximum absolute atomic E-state index is 11.4. The Morgan fingerprint density at radius 3 is 1.93 bits per heavy atom. The molecule has 0 aromatic heterocycles. The van der Waals surface area contributed by atoms with E-state index in [1.165, 1.54) is 0 Å². The van der Waals surface area contributed by atoms with Crippen LogP contribution >= 0.6 is 0 Å². The second-order valence-corrected chi connectivity index (χ2v) is 6.46. The first kappa shape index (κ1) is 24.8. The zero-order valence-corrected chi connectivity index (χ0v) is 18.1. The largest absolute Gasteiger partial charge is 0.486 e. The van der Waals surface area contributed by atoms with Crippen molar-refractivity contribution in [1.29, 1.82) is 0 Å². The minimum absolute atomic E-state index is 0.129. The van der Waals surface area contributed by atoms with Gasteiger partial charge >= 0.3 is 11.9 Å². The second-order valence-electron chi connectivity index (χ2n) is 6.46. The normalized spacial score (nSPS) is 12.9. The molecule has 1 aromatic rings. The highest BCUT2D eigenvalue weighted by Gasteiger charge is 2.16. The predicted molar refractivity (Wildman–Crippen MR) is 118 cm³/mol. The third-order valence-electron chi connectivity index (χ3n) is 3.72. The van der Waals surface area contributed by atoms with Crippen LogP contribution in [0, 0.1) is 0 Å². The van der Waals surface area contributed by atoms with E-state index in [4.69, 9.17) is 18.9 Å². The molecule has 0 heterocycles. The Kier molecular flexibility index (Phi) is 10.8. The molecule has 6 heteroatoms. The number of allylic oxidation sites excluding steroid dienone is 2. The molecule has 162 valence electrons. The van der Waals surface area contributed by atoms with Crippen molar-refractivity contribution in [3.63, 3.8) is 0 Å². The minimum Gasteiger partial charge on any atom is -0.486 e. The van der Waals surface area contributed by atoms with Crippen molar-refractivity contribution in [2.75, 3.05) is 13.2 Å². The van der Waals surface area contributed by atoms with Crippen molar-refractivity contribution >= 4 is 24.1 Å². The van der Waals surface area contributed by atoms with Gasteiger partial charge in [0.2, 0.25) is 0 Å². The predicted octanol–water partition coefficient (Wildman–Crippen LogP) is 4.75. The molecule has 0 bridgehead atoms. The Bertz CT molecular complexity index is 806. The molecule has 0 fully saturated rings. The van der Waals surface area contributed by atoms with Gasteiger partial charge in [-0.05, 0) is 45.4 Å². The fourth-order valence-corrected chi connectivity index (χ4v) is 2.47. The Hall–Kier alpha value is -3.28. The first-order chi connectivity index (χ1) is 14.3. The Balaban J connectivity index is 3.13. The molecule has 1 aromatic carbocycles. The fourth-order valence-electron chi connectivity index (χ4n) is 2.47. The van der Waals surface area contributed by atoms with Crippen molar-refractivity contribution in [3.8, 4) is 11.5 Å². The van der Waals surface area contributed by atoms with Gasteiger partial charge in [0.25, 0.3) is 0 Å². The molecular weight excluding hydrogens is 384 g/mol. The summed E-state index contributed by atoms with van der Waals surface area (Å²) in [5.74, 6) is -0.0391. The zero-order valence-electron chi connectivity index (χ0n) is 18.1. The van der Waals surface area contributed by atoms with Crippen molar-refractivity contribution in [2.24, 2.45) is 0 Å². The van der Waals surface area contributed by atoms with Crippen LogP contribution in [0.2, 0.25) is 0 Å². The number of benzene rings is 1. The molecule has 0 aliphatic rings. The maximum atomic E-state index is 11.4. The molecule has 0 aliphatic heterocycles. The van der Waals surface area contributed by atoms with Gasteiger partial charge in [-0.1, -0.05) is 37.5 Å². The van der Waals surface area contributed by atoms with Gasteiger partial charge in [0.15, 0.2) is 11.5 Å². The first-order valence-electron chi connectivity index (χ1n) is 9.69.